The number of carbonyl (C=O) groups excluding carboxylic acids is 1. The standard InChI is InChI=1S/C19H24N4O6S/c1-12-16(18(26)22-19(27)21-12)30(28,29)23-10-2-3-14(11-23)17(25)20-9-8-13-4-6-15(24)7-5-13/h4-7,14,24H,2-3,8-11H2,1H3,(H,20,25)(H2,21,22,26,27)/t14-/m1/s1. The van der Waals surface area contributed by atoms with Crippen molar-refractivity contribution in [2.24, 2.45) is 5.92 Å². The molecule has 10 nitrogen and oxygen atoms in total. The zero-order valence-electron chi connectivity index (χ0n) is 16.5. The molecule has 0 saturated carbocycles. The van der Waals surface area contributed by atoms with Crippen LogP contribution in [0.1, 0.15) is 24.1 Å². The minimum atomic E-state index is -4.16. The first-order chi connectivity index (χ1) is 14.2. The summed E-state index contributed by atoms with van der Waals surface area (Å²) in [6.07, 6.45) is 1.60. The number of nitrogens with one attached hydrogen (secondary N) is 3. The van der Waals surface area contributed by atoms with Crippen molar-refractivity contribution in [2.75, 3.05) is 19.6 Å². The summed E-state index contributed by atoms with van der Waals surface area (Å²) in [6.45, 7) is 1.88. The predicted molar refractivity (Wildman–Crippen MR) is 109 cm³/mol. The van der Waals surface area contributed by atoms with E-state index in [-0.39, 0.29) is 30.4 Å². The summed E-state index contributed by atoms with van der Waals surface area (Å²) in [5.41, 5.74) is -0.837. The molecule has 3 rings (SSSR count). The van der Waals surface area contributed by atoms with Gasteiger partial charge >= 0.3 is 5.69 Å². The largest absolute Gasteiger partial charge is 0.508 e. The van der Waals surface area contributed by atoms with Crippen molar-refractivity contribution < 1.29 is 18.3 Å². The lowest BCUT2D eigenvalue weighted by Crippen LogP contribution is -2.47. The molecule has 0 spiro atoms. The van der Waals surface area contributed by atoms with E-state index in [1.165, 1.54) is 6.92 Å². The Labute approximate surface area is 173 Å². The van der Waals surface area contributed by atoms with Crippen LogP contribution in [0.4, 0.5) is 0 Å². The van der Waals surface area contributed by atoms with Gasteiger partial charge in [0.25, 0.3) is 5.56 Å². The molecule has 0 bridgehead atoms. The van der Waals surface area contributed by atoms with E-state index < -0.39 is 32.1 Å². The van der Waals surface area contributed by atoms with Crippen molar-refractivity contribution in [3.05, 3.63) is 56.4 Å². The summed E-state index contributed by atoms with van der Waals surface area (Å²) < 4.78 is 27.1. The third-order valence-electron chi connectivity index (χ3n) is 5.08. The van der Waals surface area contributed by atoms with Crippen LogP contribution in [0.2, 0.25) is 0 Å². The Bertz CT molecular complexity index is 1140. The summed E-state index contributed by atoms with van der Waals surface area (Å²) in [4.78, 5) is 39.7. The van der Waals surface area contributed by atoms with E-state index in [9.17, 15) is 27.9 Å². The van der Waals surface area contributed by atoms with Crippen LogP contribution in [0.25, 0.3) is 0 Å². The molecule has 2 heterocycles. The van der Waals surface area contributed by atoms with Gasteiger partial charge in [-0.1, -0.05) is 12.1 Å². The number of piperidine rings is 1. The molecule has 0 radical (unpaired) electrons. The van der Waals surface area contributed by atoms with Gasteiger partial charge in [0, 0.05) is 25.3 Å². The first-order valence-corrected chi connectivity index (χ1v) is 11.0. The zero-order chi connectivity index (χ0) is 21.9. The number of phenols is 1. The van der Waals surface area contributed by atoms with Crippen LogP contribution in [-0.2, 0) is 21.2 Å². The van der Waals surface area contributed by atoms with Gasteiger partial charge in [0.2, 0.25) is 15.9 Å². The lowest BCUT2D eigenvalue weighted by atomic mass is 9.99. The number of sulfonamides is 1. The number of nitrogens with zero attached hydrogens (tertiary/aromatic N) is 1. The number of amides is 1. The fourth-order valence-corrected chi connectivity index (χ4v) is 5.27. The normalized spacial score (nSPS) is 17.6. The van der Waals surface area contributed by atoms with Crippen molar-refractivity contribution in [3.8, 4) is 5.75 Å². The number of aromatic nitrogens is 2. The number of benzene rings is 1. The third kappa shape index (κ3) is 4.79. The van der Waals surface area contributed by atoms with Gasteiger partial charge in [-0.05, 0) is 43.9 Å². The van der Waals surface area contributed by atoms with Crippen LogP contribution in [0.15, 0.2) is 38.8 Å². The Morgan fingerprint density at radius 3 is 2.60 bits per heavy atom. The fraction of sp³-hybridized carbons (Fsp3) is 0.421. The van der Waals surface area contributed by atoms with E-state index in [0.29, 0.717) is 25.8 Å². The topological polar surface area (TPSA) is 152 Å². The lowest BCUT2D eigenvalue weighted by Gasteiger charge is -2.31. The van der Waals surface area contributed by atoms with Gasteiger partial charge in [-0.2, -0.15) is 4.31 Å². The summed E-state index contributed by atoms with van der Waals surface area (Å²) in [5, 5.41) is 12.1. The number of rotatable bonds is 6. The fourth-order valence-electron chi connectivity index (χ4n) is 3.54. The van der Waals surface area contributed by atoms with Crippen LogP contribution >= 0.6 is 0 Å². The monoisotopic (exact) mass is 436 g/mol. The van der Waals surface area contributed by atoms with Crippen LogP contribution in [0, 0.1) is 12.8 Å². The number of aromatic amines is 2. The molecule has 2 aromatic rings. The zero-order valence-corrected chi connectivity index (χ0v) is 17.3. The molecule has 1 aromatic heterocycles. The first kappa shape index (κ1) is 21.8. The highest BCUT2D eigenvalue weighted by Gasteiger charge is 2.35. The Morgan fingerprint density at radius 2 is 1.93 bits per heavy atom. The summed E-state index contributed by atoms with van der Waals surface area (Å²) >= 11 is 0. The van der Waals surface area contributed by atoms with Gasteiger partial charge in [0.05, 0.1) is 5.92 Å². The Kier molecular flexibility index (Phi) is 6.42. The van der Waals surface area contributed by atoms with Crippen molar-refractivity contribution in [1.82, 2.24) is 19.6 Å². The van der Waals surface area contributed by atoms with Gasteiger partial charge in [-0.25, -0.2) is 13.2 Å². The molecule has 1 fully saturated rings. The molecule has 1 aromatic carbocycles. The van der Waals surface area contributed by atoms with Crippen LogP contribution in [-0.4, -0.2) is 53.3 Å². The summed E-state index contributed by atoms with van der Waals surface area (Å²) in [7, 11) is -4.16. The highest BCUT2D eigenvalue weighted by molar-refractivity contribution is 7.89. The molecule has 11 heteroatoms. The number of phenolic OH excluding ortho intramolecular Hbond substituents is 1. The quantitative estimate of drug-likeness (QED) is 0.494. The second kappa shape index (κ2) is 8.84. The van der Waals surface area contributed by atoms with Gasteiger partial charge in [0.15, 0.2) is 4.90 Å². The molecule has 162 valence electrons. The maximum absolute atomic E-state index is 13.0. The maximum atomic E-state index is 13.0. The van der Waals surface area contributed by atoms with Crippen LogP contribution in [0.5, 0.6) is 5.75 Å². The molecule has 1 amide bonds. The van der Waals surface area contributed by atoms with Crippen LogP contribution in [0.3, 0.4) is 0 Å². The second-order valence-electron chi connectivity index (χ2n) is 7.27. The number of carbonyl (C=O) groups is 1. The van der Waals surface area contributed by atoms with Crippen molar-refractivity contribution >= 4 is 15.9 Å². The van der Waals surface area contributed by atoms with Crippen molar-refractivity contribution in [3.63, 3.8) is 0 Å². The maximum Gasteiger partial charge on any atom is 0.325 e. The molecule has 4 N–H and O–H groups in total. The van der Waals surface area contributed by atoms with E-state index in [1.807, 2.05) is 4.98 Å². The van der Waals surface area contributed by atoms with E-state index in [4.69, 9.17) is 0 Å². The smallest absolute Gasteiger partial charge is 0.325 e. The Morgan fingerprint density at radius 1 is 1.23 bits per heavy atom. The highest BCUT2D eigenvalue weighted by atomic mass is 32.2. The molecule has 1 atom stereocenters. The average molecular weight is 436 g/mol. The third-order valence-corrected chi connectivity index (χ3v) is 7.10. The molecule has 0 aliphatic carbocycles. The minimum Gasteiger partial charge on any atom is -0.508 e. The first-order valence-electron chi connectivity index (χ1n) is 9.57. The number of hydrogen-bond donors (Lipinski definition) is 4. The number of aryl methyl sites for hydroxylation is 1. The SMILES string of the molecule is Cc1[nH]c(=O)[nH]c(=O)c1S(=O)(=O)N1CCC[C@@H](C(=O)NCCc2ccc(O)cc2)C1. The minimum absolute atomic E-state index is 0.0363. The van der Waals surface area contributed by atoms with E-state index >= 15 is 0 Å². The molecule has 30 heavy (non-hydrogen) atoms. The van der Waals surface area contributed by atoms with Gasteiger partial charge < -0.3 is 15.4 Å². The molecule has 1 saturated heterocycles. The van der Waals surface area contributed by atoms with Crippen molar-refractivity contribution in [2.45, 2.75) is 31.1 Å². The Balaban J connectivity index is 1.65. The van der Waals surface area contributed by atoms with Crippen molar-refractivity contribution in [1.29, 1.82) is 0 Å². The van der Waals surface area contributed by atoms with Gasteiger partial charge in [0.1, 0.15) is 5.75 Å². The molecule has 0 unspecified atom stereocenters. The molecular formula is C19H24N4O6S. The average Bonchev–Trinajstić information content (AvgIpc) is 2.68. The van der Waals surface area contributed by atoms with E-state index in [2.05, 4.69) is 10.3 Å². The summed E-state index contributed by atoms with van der Waals surface area (Å²) in [5.74, 6) is -0.612. The summed E-state index contributed by atoms with van der Waals surface area (Å²) in [6, 6.07) is 6.67. The van der Waals surface area contributed by atoms with E-state index in [1.54, 1.807) is 24.3 Å². The lowest BCUT2D eigenvalue weighted by molar-refractivity contribution is -0.126. The van der Waals surface area contributed by atoms with E-state index in [0.717, 1.165) is 9.87 Å². The number of H-pyrrole nitrogens is 2. The molecule has 1 aliphatic rings. The second-order valence-corrected chi connectivity index (χ2v) is 9.15. The molecule has 1 aliphatic heterocycles. The number of hydrogen-bond acceptors (Lipinski definition) is 6. The van der Waals surface area contributed by atoms with Gasteiger partial charge in [-0.15, -0.1) is 0 Å². The Hall–Kier alpha value is -2.92. The number of aromatic hydroxyl groups is 1. The molecular weight excluding hydrogens is 412 g/mol. The van der Waals surface area contributed by atoms with Gasteiger partial charge in [-0.3, -0.25) is 14.6 Å². The predicted octanol–water partition coefficient (Wildman–Crippen LogP) is -0.163. The van der Waals surface area contributed by atoms with Crippen LogP contribution < -0.4 is 16.6 Å². The highest BCUT2D eigenvalue weighted by Crippen LogP contribution is 2.23.